The van der Waals surface area contributed by atoms with Crippen LogP contribution < -0.4 is 9.47 Å². The Hall–Kier alpha value is -3.80. The van der Waals surface area contributed by atoms with Crippen LogP contribution in [-0.4, -0.2) is 37.0 Å². The summed E-state index contributed by atoms with van der Waals surface area (Å²) in [4.78, 5) is 26.9. The van der Waals surface area contributed by atoms with Gasteiger partial charge in [0.15, 0.2) is 11.5 Å². The zero-order chi connectivity index (χ0) is 23.9. The van der Waals surface area contributed by atoms with Gasteiger partial charge >= 0.3 is 5.97 Å². The molecule has 34 heavy (non-hydrogen) atoms. The number of hydrogen-bond donors (Lipinski definition) is 0. The van der Waals surface area contributed by atoms with Crippen LogP contribution in [0.15, 0.2) is 72.8 Å². The highest BCUT2D eigenvalue weighted by Crippen LogP contribution is 2.32. The zero-order valence-corrected chi connectivity index (χ0v) is 19.5. The molecule has 0 aliphatic heterocycles. The van der Waals surface area contributed by atoms with Gasteiger partial charge in [-0.1, -0.05) is 24.3 Å². The van der Waals surface area contributed by atoms with Gasteiger partial charge in [0.25, 0.3) is 5.91 Å². The number of ether oxygens (including phenoxy) is 3. The third-order valence-corrected chi connectivity index (χ3v) is 5.69. The molecular formula is C28H29NO5. The minimum atomic E-state index is -0.372. The molecule has 3 aromatic carbocycles. The molecule has 4 rings (SSSR count). The summed E-state index contributed by atoms with van der Waals surface area (Å²) in [5, 5.41) is 0. The topological polar surface area (TPSA) is 65.1 Å². The highest BCUT2D eigenvalue weighted by molar-refractivity contribution is 5.94. The van der Waals surface area contributed by atoms with Crippen LogP contribution in [0.4, 0.5) is 0 Å². The summed E-state index contributed by atoms with van der Waals surface area (Å²) in [6, 6.07) is 21.9. The van der Waals surface area contributed by atoms with E-state index in [-0.39, 0.29) is 11.9 Å². The molecule has 6 heteroatoms. The van der Waals surface area contributed by atoms with Crippen molar-refractivity contribution in [2.75, 3.05) is 20.3 Å². The van der Waals surface area contributed by atoms with E-state index in [4.69, 9.17) is 14.2 Å². The summed E-state index contributed by atoms with van der Waals surface area (Å²) in [6.07, 6.45) is 2.30. The molecule has 1 saturated carbocycles. The first-order valence-corrected chi connectivity index (χ1v) is 11.5. The van der Waals surface area contributed by atoms with Crippen molar-refractivity contribution >= 4 is 11.9 Å². The molecule has 1 amide bonds. The minimum Gasteiger partial charge on any atom is -0.490 e. The number of para-hydroxylation sites is 2. The van der Waals surface area contributed by atoms with Gasteiger partial charge in [0.1, 0.15) is 5.75 Å². The maximum Gasteiger partial charge on any atom is 0.337 e. The number of nitrogens with zero attached hydrogens (tertiary/aromatic N) is 1. The summed E-state index contributed by atoms with van der Waals surface area (Å²) in [5.41, 5.74) is 2.07. The zero-order valence-electron chi connectivity index (χ0n) is 19.5. The second kappa shape index (κ2) is 10.9. The van der Waals surface area contributed by atoms with Crippen molar-refractivity contribution < 1.29 is 23.8 Å². The van der Waals surface area contributed by atoms with Gasteiger partial charge in [-0.3, -0.25) is 4.79 Å². The Kier molecular flexibility index (Phi) is 7.48. The summed E-state index contributed by atoms with van der Waals surface area (Å²) < 4.78 is 16.4. The Morgan fingerprint density at radius 3 is 2.15 bits per heavy atom. The largest absolute Gasteiger partial charge is 0.490 e. The molecule has 1 aliphatic carbocycles. The van der Waals surface area contributed by atoms with Gasteiger partial charge in [-0.25, -0.2) is 4.79 Å². The van der Waals surface area contributed by atoms with Crippen LogP contribution in [0.5, 0.6) is 17.2 Å². The molecule has 0 radical (unpaired) electrons. The Balaban J connectivity index is 1.46. The number of esters is 1. The lowest BCUT2D eigenvalue weighted by molar-refractivity contribution is 0.0600. The number of methoxy groups -OCH3 is 1. The number of carbonyl (C=O) groups excluding carboxylic acids is 2. The molecule has 0 spiro atoms. The molecule has 0 heterocycles. The van der Waals surface area contributed by atoms with E-state index in [1.807, 2.05) is 48.2 Å². The fourth-order valence-electron chi connectivity index (χ4n) is 3.70. The van der Waals surface area contributed by atoms with E-state index < -0.39 is 0 Å². The molecule has 3 aromatic rings. The molecule has 1 fully saturated rings. The van der Waals surface area contributed by atoms with E-state index in [1.165, 1.54) is 7.11 Å². The summed E-state index contributed by atoms with van der Waals surface area (Å²) in [6.45, 7) is 3.68. The normalized spacial score (nSPS) is 12.6. The predicted molar refractivity (Wildman–Crippen MR) is 129 cm³/mol. The van der Waals surface area contributed by atoms with Crippen molar-refractivity contribution in [1.82, 2.24) is 4.90 Å². The van der Waals surface area contributed by atoms with Crippen LogP contribution >= 0.6 is 0 Å². The number of amides is 1. The first-order valence-electron chi connectivity index (χ1n) is 11.5. The number of carbonyl (C=O) groups is 2. The Morgan fingerprint density at radius 1 is 0.882 bits per heavy atom. The fourth-order valence-corrected chi connectivity index (χ4v) is 3.70. The predicted octanol–water partition coefficient (Wildman–Crippen LogP) is 5.72. The lowest BCUT2D eigenvalue weighted by Gasteiger charge is -2.23. The molecule has 0 saturated heterocycles. The van der Waals surface area contributed by atoms with E-state index in [0.717, 1.165) is 24.9 Å². The average molecular weight is 460 g/mol. The minimum absolute atomic E-state index is 0.0230. The first kappa shape index (κ1) is 23.4. The second-order valence-corrected chi connectivity index (χ2v) is 8.32. The van der Waals surface area contributed by atoms with Crippen LogP contribution in [0.3, 0.4) is 0 Å². The van der Waals surface area contributed by atoms with Crippen molar-refractivity contribution in [3.05, 3.63) is 89.5 Å². The summed E-state index contributed by atoms with van der Waals surface area (Å²) in [5.74, 6) is 2.11. The van der Waals surface area contributed by atoms with Gasteiger partial charge in [0.05, 0.1) is 19.3 Å². The molecule has 6 nitrogen and oxygen atoms in total. The van der Waals surface area contributed by atoms with Crippen LogP contribution in [0.2, 0.25) is 0 Å². The first-order chi connectivity index (χ1) is 16.6. The van der Waals surface area contributed by atoms with Crippen LogP contribution in [0.1, 0.15) is 46.0 Å². The third kappa shape index (κ3) is 5.95. The van der Waals surface area contributed by atoms with E-state index in [0.29, 0.717) is 47.4 Å². The number of benzene rings is 3. The highest BCUT2D eigenvalue weighted by atomic mass is 16.5. The number of rotatable bonds is 10. The molecule has 176 valence electrons. The molecule has 0 bridgehead atoms. The molecule has 1 aliphatic rings. The Morgan fingerprint density at radius 2 is 1.53 bits per heavy atom. The molecule has 0 atom stereocenters. The van der Waals surface area contributed by atoms with Crippen molar-refractivity contribution in [1.29, 1.82) is 0 Å². The van der Waals surface area contributed by atoms with Gasteiger partial charge < -0.3 is 19.1 Å². The van der Waals surface area contributed by atoms with Gasteiger partial charge in [-0.15, -0.1) is 0 Å². The summed E-state index contributed by atoms with van der Waals surface area (Å²) in [7, 11) is 1.36. The fraction of sp³-hybridized carbons (Fsp3) is 0.286. The van der Waals surface area contributed by atoms with E-state index in [9.17, 15) is 9.59 Å². The van der Waals surface area contributed by atoms with Gasteiger partial charge in [0, 0.05) is 18.7 Å². The smallest absolute Gasteiger partial charge is 0.337 e. The van der Waals surface area contributed by atoms with Gasteiger partial charge in [-0.05, 0) is 79.8 Å². The monoisotopic (exact) mass is 459 g/mol. The van der Waals surface area contributed by atoms with Crippen LogP contribution in [-0.2, 0) is 11.3 Å². The van der Waals surface area contributed by atoms with Crippen LogP contribution in [0.25, 0.3) is 0 Å². The Labute approximate surface area is 200 Å². The molecule has 0 aromatic heterocycles. The van der Waals surface area contributed by atoms with Gasteiger partial charge in [-0.2, -0.15) is 0 Å². The van der Waals surface area contributed by atoms with Crippen molar-refractivity contribution in [2.24, 2.45) is 5.92 Å². The quantitative estimate of drug-likeness (QED) is 0.363. The molecular weight excluding hydrogens is 430 g/mol. The van der Waals surface area contributed by atoms with E-state index in [2.05, 4.69) is 0 Å². The second-order valence-electron chi connectivity index (χ2n) is 8.32. The Bertz CT molecular complexity index is 1120. The van der Waals surface area contributed by atoms with Crippen LogP contribution in [0, 0.1) is 5.92 Å². The third-order valence-electron chi connectivity index (χ3n) is 5.69. The van der Waals surface area contributed by atoms with Crippen molar-refractivity contribution in [3.63, 3.8) is 0 Å². The van der Waals surface area contributed by atoms with Crippen molar-refractivity contribution in [2.45, 2.75) is 26.3 Å². The molecule has 0 N–H and O–H groups in total. The van der Waals surface area contributed by atoms with Gasteiger partial charge in [0.2, 0.25) is 0 Å². The molecule has 0 unspecified atom stereocenters. The highest BCUT2D eigenvalue weighted by Gasteiger charge is 2.27. The van der Waals surface area contributed by atoms with E-state index in [1.54, 1.807) is 36.4 Å². The lowest BCUT2D eigenvalue weighted by Crippen LogP contribution is -2.32. The summed E-state index contributed by atoms with van der Waals surface area (Å²) >= 11 is 0. The lowest BCUT2D eigenvalue weighted by atomic mass is 10.1. The SMILES string of the molecule is CCOc1ccccc1Oc1ccc(C(=O)N(Cc2ccc(C(=O)OC)cc2)CC2CC2)cc1. The maximum absolute atomic E-state index is 13.3. The standard InChI is InChI=1S/C28H29NO5/c1-3-33-25-6-4-5-7-26(25)34-24-16-14-22(15-17-24)27(30)29(18-20-8-9-20)19-21-10-12-23(13-11-21)28(31)32-2/h4-7,10-17,20H,3,8-9,18-19H2,1-2H3. The number of hydrogen-bond acceptors (Lipinski definition) is 5. The maximum atomic E-state index is 13.3. The average Bonchev–Trinajstić information content (AvgIpc) is 3.69. The van der Waals surface area contributed by atoms with E-state index >= 15 is 0 Å². The van der Waals surface area contributed by atoms with Crippen molar-refractivity contribution in [3.8, 4) is 17.2 Å².